The summed E-state index contributed by atoms with van der Waals surface area (Å²) < 4.78 is 51.8. The molecular weight excluding hydrogens is 835 g/mol. The molecule has 15 atom stereocenters. The van der Waals surface area contributed by atoms with Crippen molar-refractivity contribution >= 4 is 29.2 Å². The van der Waals surface area contributed by atoms with Gasteiger partial charge < -0.3 is 43.9 Å². The minimum Gasteiger partial charge on any atom is -0.460 e. The molecule has 0 aromatic heterocycles. The molecule has 2 saturated heterocycles. The van der Waals surface area contributed by atoms with Crippen LogP contribution in [0, 0.1) is 35.5 Å². The van der Waals surface area contributed by atoms with Crippen molar-refractivity contribution in [2.75, 3.05) is 27.8 Å². The van der Waals surface area contributed by atoms with Crippen LogP contribution in [0.3, 0.4) is 0 Å². The van der Waals surface area contributed by atoms with E-state index in [0.717, 1.165) is 10.5 Å². The quantitative estimate of drug-likeness (QED) is 0.155. The molecule has 0 spiro atoms. The molecule has 14 nitrogen and oxygen atoms in total. The Balaban J connectivity index is 1.71. The van der Waals surface area contributed by atoms with Crippen molar-refractivity contribution in [1.29, 1.82) is 0 Å². The van der Waals surface area contributed by atoms with E-state index in [1.165, 1.54) is 7.11 Å². The van der Waals surface area contributed by atoms with Gasteiger partial charge in [-0.1, -0.05) is 71.1 Å². The number of carbonyl (C=O) groups excluding carboxylic acids is 5. The Labute approximate surface area is 391 Å². The lowest BCUT2D eigenvalue weighted by Crippen LogP contribution is -2.61. The molecular formula is C51H79NO13. The van der Waals surface area contributed by atoms with Gasteiger partial charge in [-0.05, 0) is 107 Å². The van der Waals surface area contributed by atoms with Gasteiger partial charge >= 0.3 is 5.97 Å². The molecule has 0 aromatic carbocycles. The van der Waals surface area contributed by atoms with Crippen LogP contribution < -0.4 is 0 Å². The number of carbonyl (C=O) groups is 5. The molecule has 14 heteroatoms. The zero-order valence-electron chi connectivity index (χ0n) is 43.1. The monoisotopic (exact) mass is 917 g/mol. The SMILES string of the molecule is [2H]C([2H])([2H])O[C@@H]1C[C@H](C[C@@H](C)C2CC(=O)[C@H](C)/C=C(\C)[C@@H](O)C(OC)C(=O)[C@H](C)C[C@H](C)/C=C/C=C/C=C(\C)C(OC)C[C@@H]3CC[C@@H](C)[C@@](O)(O3)C(=O)C(=O)N3CCCC[C@H]3C(=O)O2)CC[C@H]1O. The number of ketones is 3. The first-order valence-corrected chi connectivity index (χ1v) is 23.7. The Bertz CT molecular complexity index is 1870. The maximum Gasteiger partial charge on any atom is 0.329 e. The van der Waals surface area contributed by atoms with Crippen molar-refractivity contribution in [1.82, 2.24) is 4.90 Å². The van der Waals surface area contributed by atoms with Crippen molar-refractivity contribution in [3.63, 3.8) is 0 Å². The van der Waals surface area contributed by atoms with Crippen LogP contribution in [0.1, 0.15) is 130 Å². The summed E-state index contributed by atoms with van der Waals surface area (Å²) in [4.78, 5) is 71.9. The number of fused-ring (bicyclic) bond motifs is 3. The number of aliphatic hydroxyl groups is 3. The summed E-state index contributed by atoms with van der Waals surface area (Å²) >= 11 is 0. The van der Waals surface area contributed by atoms with E-state index in [1.807, 2.05) is 51.2 Å². The molecule has 2 bridgehead atoms. The molecule has 366 valence electrons. The number of hydrogen-bond acceptors (Lipinski definition) is 13. The van der Waals surface area contributed by atoms with E-state index in [0.29, 0.717) is 56.9 Å². The Hall–Kier alpha value is -3.37. The predicted molar refractivity (Wildman–Crippen MR) is 245 cm³/mol. The summed E-state index contributed by atoms with van der Waals surface area (Å²) in [6.07, 6.45) is 8.41. The second-order valence-corrected chi connectivity index (χ2v) is 19.5. The zero-order valence-corrected chi connectivity index (χ0v) is 40.1. The number of aliphatic hydroxyl groups excluding tert-OH is 2. The number of hydrogen-bond donors (Lipinski definition) is 3. The first kappa shape index (κ1) is 49.5. The average Bonchev–Trinajstić information content (AvgIpc) is 3.28. The topological polar surface area (TPSA) is 195 Å². The Kier molecular flexibility index (Phi) is 19.1. The van der Waals surface area contributed by atoms with Gasteiger partial charge in [-0.3, -0.25) is 19.2 Å². The molecule has 3 fully saturated rings. The van der Waals surface area contributed by atoms with E-state index in [4.69, 9.17) is 27.8 Å². The van der Waals surface area contributed by atoms with Crippen molar-refractivity contribution in [2.24, 2.45) is 35.5 Å². The fourth-order valence-corrected chi connectivity index (χ4v) is 9.99. The van der Waals surface area contributed by atoms with Crippen LogP contribution in [0.4, 0.5) is 0 Å². The number of methoxy groups -OCH3 is 3. The molecule has 1 saturated carbocycles. The first-order chi connectivity index (χ1) is 31.9. The minimum atomic E-state index is -2.72. The molecule has 3 heterocycles. The maximum absolute atomic E-state index is 14.4. The second-order valence-electron chi connectivity index (χ2n) is 19.5. The number of piperidine rings is 1. The van der Waals surface area contributed by atoms with Gasteiger partial charge in [-0.25, -0.2) is 4.79 Å². The van der Waals surface area contributed by atoms with Crippen LogP contribution in [0.2, 0.25) is 0 Å². The normalized spacial score (nSPS) is 41.3. The number of esters is 1. The second kappa shape index (κ2) is 25.1. The fraction of sp³-hybridized carbons (Fsp3) is 0.745. The molecule has 1 aliphatic carbocycles. The van der Waals surface area contributed by atoms with E-state index < -0.39 is 103 Å². The summed E-state index contributed by atoms with van der Waals surface area (Å²) in [6, 6.07) is -1.21. The zero-order chi connectivity index (χ0) is 50.7. The van der Waals surface area contributed by atoms with Crippen LogP contribution in [0.15, 0.2) is 47.6 Å². The van der Waals surface area contributed by atoms with Crippen molar-refractivity contribution in [3.05, 3.63) is 47.6 Å². The lowest BCUT2D eigenvalue weighted by molar-refractivity contribution is -0.265. The van der Waals surface area contributed by atoms with E-state index in [9.17, 15) is 39.3 Å². The van der Waals surface area contributed by atoms with Gasteiger partial charge in [0.15, 0.2) is 5.78 Å². The third-order valence-corrected chi connectivity index (χ3v) is 14.3. The van der Waals surface area contributed by atoms with Crippen molar-refractivity contribution in [2.45, 2.75) is 180 Å². The van der Waals surface area contributed by atoms with Gasteiger partial charge in [0.05, 0.1) is 28.5 Å². The number of nitrogens with zero attached hydrogens (tertiary/aromatic N) is 1. The Morgan fingerprint density at radius 3 is 2.32 bits per heavy atom. The number of Topliss-reactive ketones (excluding diaryl/α,β-unsaturated/α-hetero) is 3. The summed E-state index contributed by atoms with van der Waals surface area (Å²) in [5.74, 6) is -8.86. The van der Waals surface area contributed by atoms with Crippen molar-refractivity contribution < 1.29 is 67.1 Å². The molecule has 1 amide bonds. The van der Waals surface area contributed by atoms with Crippen LogP contribution in [-0.2, 0) is 47.7 Å². The molecule has 4 rings (SSSR count). The summed E-state index contributed by atoms with van der Waals surface area (Å²) in [5.41, 5.74) is 1.20. The summed E-state index contributed by atoms with van der Waals surface area (Å²) in [6.45, 7) is 12.4. The number of allylic oxidation sites excluding steroid dienone is 6. The van der Waals surface area contributed by atoms with E-state index in [1.54, 1.807) is 40.9 Å². The van der Waals surface area contributed by atoms with E-state index in [-0.39, 0.29) is 55.6 Å². The van der Waals surface area contributed by atoms with Gasteiger partial charge in [0.1, 0.15) is 30.1 Å². The number of cyclic esters (lactones) is 1. The highest BCUT2D eigenvalue weighted by molar-refractivity contribution is 6.39. The van der Waals surface area contributed by atoms with E-state index >= 15 is 0 Å². The van der Waals surface area contributed by atoms with Crippen LogP contribution in [0.5, 0.6) is 0 Å². The Morgan fingerprint density at radius 2 is 1.63 bits per heavy atom. The molecule has 0 aromatic rings. The lowest BCUT2D eigenvalue weighted by Gasteiger charge is -2.42. The summed E-state index contributed by atoms with van der Waals surface area (Å²) in [7, 11) is 0.190. The summed E-state index contributed by atoms with van der Waals surface area (Å²) in [5, 5.41) is 34.0. The average molecular weight is 917 g/mol. The minimum absolute atomic E-state index is 0.00611. The van der Waals surface area contributed by atoms with E-state index in [2.05, 4.69) is 0 Å². The van der Waals surface area contributed by atoms with Crippen molar-refractivity contribution in [3.8, 4) is 0 Å². The van der Waals surface area contributed by atoms with Gasteiger partial charge in [0, 0.05) is 58.4 Å². The lowest BCUT2D eigenvalue weighted by atomic mass is 9.78. The van der Waals surface area contributed by atoms with Gasteiger partial charge in [-0.15, -0.1) is 0 Å². The smallest absolute Gasteiger partial charge is 0.329 e. The fourth-order valence-electron chi connectivity index (χ4n) is 9.99. The molecule has 4 aliphatic rings. The molecule has 3 N–H and O–H groups in total. The Morgan fingerprint density at radius 1 is 0.892 bits per heavy atom. The molecule has 3 aliphatic heterocycles. The largest absolute Gasteiger partial charge is 0.460 e. The first-order valence-electron chi connectivity index (χ1n) is 25.2. The van der Waals surface area contributed by atoms with Gasteiger partial charge in [0.2, 0.25) is 5.79 Å². The highest BCUT2D eigenvalue weighted by atomic mass is 16.6. The maximum atomic E-state index is 14.4. The highest BCUT2D eigenvalue weighted by Gasteiger charge is 2.53. The van der Waals surface area contributed by atoms with Crippen LogP contribution in [0.25, 0.3) is 0 Å². The van der Waals surface area contributed by atoms with Gasteiger partial charge in [-0.2, -0.15) is 0 Å². The standard InChI is InChI=1S/C51H79NO13/c1-30-16-12-11-13-17-31(2)42(61-8)28-38-21-19-36(7)51(60,65-38)48(57)49(58)52-23-15-14-18-39(52)50(59)64-43(33(4)26-37-20-22-40(53)44(27-37)62-9)29-41(54)32(3)25-35(6)46(56)47(63-10)45(55)34(5)24-30/h11-13,16-17,25,30,32-34,36-40,42-44,46-47,53,56,60H,14-15,18-24,26-29H2,1-10H3/b13-11+,16-12+,31-17+,35-25+/t30-,32-,33-,34-,36-,37+,38+,39+,40-,42?,43?,44-,46-,47?,51-/m1/s1/i9D3. The third-order valence-electron chi connectivity index (χ3n) is 14.3. The molecule has 0 radical (unpaired) electrons. The van der Waals surface area contributed by atoms with Gasteiger partial charge in [0.25, 0.3) is 11.7 Å². The number of amides is 1. The van der Waals surface area contributed by atoms with Crippen LogP contribution in [-0.4, -0.2) is 132 Å². The molecule has 3 unspecified atom stereocenters. The van der Waals surface area contributed by atoms with Crippen LogP contribution >= 0.6 is 0 Å². The highest BCUT2D eigenvalue weighted by Crippen LogP contribution is 2.38. The predicted octanol–water partition coefficient (Wildman–Crippen LogP) is 6.18. The number of ether oxygens (including phenoxy) is 5. The number of rotatable bonds is 6. The third kappa shape index (κ3) is 14.3. The molecule has 65 heavy (non-hydrogen) atoms.